The predicted octanol–water partition coefficient (Wildman–Crippen LogP) is 20.7. The Morgan fingerprint density at radius 3 is 1.76 bits per heavy atom. The molecule has 0 aliphatic heterocycles. The summed E-state index contributed by atoms with van der Waals surface area (Å²) in [6.07, 6.45) is 1.19. The van der Waals surface area contributed by atoms with E-state index in [-0.39, 0.29) is 16.2 Å². The Balaban J connectivity index is 0.882. The topological polar surface area (TPSA) is 16.4 Å². The Morgan fingerprint density at radius 2 is 0.962 bits per heavy atom. The molecule has 12 aromatic rings. The van der Waals surface area contributed by atoms with Crippen molar-refractivity contribution >= 4 is 49.8 Å². The van der Waals surface area contributed by atoms with Gasteiger partial charge in [0.1, 0.15) is 11.2 Å². The van der Waals surface area contributed by atoms with Crippen LogP contribution in [-0.4, -0.2) is 0 Å². The quantitative estimate of drug-likeness (QED) is 0.171. The van der Waals surface area contributed by atoms with Crippen molar-refractivity contribution in [3.63, 3.8) is 0 Å². The van der Waals surface area contributed by atoms with Gasteiger partial charge in [0.2, 0.25) is 0 Å². The fourth-order valence-electron chi connectivity index (χ4n) is 15.8. The summed E-state index contributed by atoms with van der Waals surface area (Å²) in [6, 6.07) is 80.4. The average Bonchev–Trinajstić information content (AvgIpc) is 2.87. The molecular weight excluding hydrogens is 943 g/mol. The third-order valence-electron chi connectivity index (χ3n) is 19.5. The number of rotatable bonds is 5. The van der Waals surface area contributed by atoms with E-state index in [1.54, 1.807) is 0 Å². The van der Waals surface area contributed by atoms with Gasteiger partial charge in [-0.05, 0) is 183 Å². The molecule has 0 saturated heterocycles. The molecule has 5 aliphatic rings. The fraction of sp³-hybridized carbons (Fsp3) is 0.158. The van der Waals surface area contributed by atoms with Crippen molar-refractivity contribution < 1.29 is 4.42 Å². The standard InChI is InChI=1S/C76H57NO/c1-74(2)61-39-47(34-36-54(61)66-63(74)42-59(50-25-13-12-24-49(50)44-21-8-7-9-22-44)65-58-41-57(58)51-26-14-15-27-52(51)67(65)66)77(46-33-32-43-20-10-11-23-45(43)38-46)48-35-37-55-62(40-48)76(5,6)72-70(55)73-69(56-29-17-19-31-64(56)78-73)68-53-28-16-18-30-60(53)75(3,4)71(68)72/h7-40,42,57-58H,41H2,1-6H3. The van der Waals surface area contributed by atoms with Crippen molar-refractivity contribution in [1.29, 1.82) is 0 Å². The molecule has 1 fully saturated rings. The highest BCUT2D eigenvalue weighted by atomic mass is 16.3. The number of hydrogen-bond acceptors (Lipinski definition) is 2. The number of nitrogens with zero attached hydrogens (tertiary/aromatic N) is 1. The minimum absolute atomic E-state index is 0.218. The first-order valence-corrected chi connectivity index (χ1v) is 28.1. The molecule has 372 valence electrons. The molecule has 11 aromatic carbocycles. The summed E-state index contributed by atoms with van der Waals surface area (Å²) < 4.78 is 7.11. The fourth-order valence-corrected chi connectivity index (χ4v) is 15.8. The molecule has 78 heavy (non-hydrogen) atoms. The van der Waals surface area contributed by atoms with E-state index >= 15 is 0 Å². The number of anilines is 3. The van der Waals surface area contributed by atoms with Crippen molar-refractivity contribution in [2.24, 2.45) is 0 Å². The summed E-state index contributed by atoms with van der Waals surface area (Å²) in [5, 5.41) is 4.87. The summed E-state index contributed by atoms with van der Waals surface area (Å²) in [4.78, 5) is 2.53. The first-order valence-electron chi connectivity index (χ1n) is 28.1. The molecule has 0 spiro atoms. The molecule has 2 unspecified atom stereocenters. The zero-order valence-corrected chi connectivity index (χ0v) is 44.9. The SMILES string of the molecule is CC1(C)c2cc(N(c3ccc4c(c3)C(C)(C)c3c5c(c6c(oc7ccccc76)c3-4)-c3ccccc3C5(C)C)c3ccc4ccccc4c3)ccc2-c2c1cc(-c1ccccc1-c1ccccc1)c1c2-c2ccccc2C2CC12. The van der Waals surface area contributed by atoms with E-state index in [9.17, 15) is 0 Å². The lowest BCUT2D eigenvalue weighted by atomic mass is 9.72. The predicted molar refractivity (Wildman–Crippen MR) is 325 cm³/mol. The summed E-state index contributed by atoms with van der Waals surface area (Å²) in [5.41, 5.74) is 31.9. The normalized spacial score (nSPS) is 17.6. The highest BCUT2D eigenvalue weighted by Crippen LogP contribution is 2.69. The van der Waals surface area contributed by atoms with Crippen molar-refractivity contribution in [2.45, 2.75) is 76.0 Å². The van der Waals surface area contributed by atoms with Crippen LogP contribution in [0.3, 0.4) is 0 Å². The van der Waals surface area contributed by atoms with Gasteiger partial charge in [0.25, 0.3) is 0 Å². The molecule has 17 rings (SSSR count). The lowest BCUT2D eigenvalue weighted by Crippen LogP contribution is -2.24. The molecule has 2 heteroatoms. The van der Waals surface area contributed by atoms with Gasteiger partial charge in [0, 0.05) is 49.6 Å². The van der Waals surface area contributed by atoms with Crippen LogP contribution >= 0.6 is 0 Å². The molecule has 2 atom stereocenters. The van der Waals surface area contributed by atoms with Gasteiger partial charge >= 0.3 is 0 Å². The van der Waals surface area contributed by atoms with Gasteiger partial charge < -0.3 is 9.32 Å². The van der Waals surface area contributed by atoms with Crippen LogP contribution in [0.15, 0.2) is 217 Å². The molecule has 5 aliphatic carbocycles. The van der Waals surface area contributed by atoms with Crippen molar-refractivity contribution in [3.05, 3.63) is 257 Å². The minimum Gasteiger partial charge on any atom is -0.455 e. The summed E-state index contributed by atoms with van der Waals surface area (Å²) in [5.74, 6) is 1.05. The second-order valence-corrected chi connectivity index (χ2v) is 24.6. The molecule has 0 N–H and O–H groups in total. The van der Waals surface area contributed by atoms with Crippen LogP contribution in [0.25, 0.3) is 99.5 Å². The van der Waals surface area contributed by atoms with Crippen molar-refractivity contribution in [3.8, 4) is 66.8 Å². The largest absolute Gasteiger partial charge is 0.455 e. The second-order valence-electron chi connectivity index (χ2n) is 24.6. The Labute approximate surface area is 456 Å². The number of hydrogen-bond donors (Lipinski definition) is 0. The number of benzene rings is 11. The van der Waals surface area contributed by atoms with Crippen LogP contribution in [0.5, 0.6) is 0 Å². The molecule has 0 amide bonds. The van der Waals surface area contributed by atoms with Gasteiger partial charge in [0.15, 0.2) is 0 Å². The maximum Gasteiger partial charge on any atom is 0.144 e. The summed E-state index contributed by atoms with van der Waals surface area (Å²) in [6.45, 7) is 14.7. The van der Waals surface area contributed by atoms with Gasteiger partial charge in [-0.2, -0.15) is 0 Å². The molecule has 1 saturated carbocycles. The highest BCUT2D eigenvalue weighted by molar-refractivity contribution is 6.21. The highest BCUT2D eigenvalue weighted by Gasteiger charge is 2.51. The van der Waals surface area contributed by atoms with Crippen LogP contribution in [0, 0.1) is 0 Å². The molecule has 2 nitrogen and oxygen atoms in total. The second kappa shape index (κ2) is 15.3. The van der Waals surface area contributed by atoms with E-state index in [0.717, 1.165) is 28.2 Å². The van der Waals surface area contributed by atoms with Gasteiger partial charge in [-0.1, -0.05) is 205 Å². The molecule has 1 heterocycles. The third kappa shape index (κ3) is 5.72. The molecule has 1 aromatic heterocycles. The number of furan rings is 1. The van der Waals surface area contributed by atoms with Gasteiger partial charge in [-0.3, -0.25) is 0 Å². The van der Waals surface area contributed by atoms with Crippen molar-refractivity contribution in [1.82, 2.24) is 0 Å². The minimum atomic E-state index is -0.347. The first kappa shape index (κ1) is 44.4. The first-order chi connectivity index (χ1) is 38.0. The van der Waals surface area contributed by atoms with E-state index in [1.807, 2.05) is 0 Å². The van der Waals surface area contributed by atoms with Crippen LogP contribution in [0.4, 0.5) is 17.1 Å². The molecular formula is C76H57NO. The van der Waals surface area contributed by atoms with E-state index in [4.69, 9.17) is 4.42 Å². The Kier molecular flexibility index (Phi) is 8.69. The number of para-hydroxylation sites is 1. The third-order valence-corrected chi connectivity index (χ3v) is 19.5. The number of fused-ring (bicyclic) bond motifs is 23. The van der Waals surface area contributed by atoms with Crippen LogP contribution in [0.1, 0.15) is 104 Å². The lowest BCUT2D eigenvalue weighted by molar-refractivity contribution is 0.600. The Hall–Kier alpha value is -8.72. The Bertz CT molecular complexity index is 4640. The molecule has 0 bridgehead atoms. The van der Waals surface area contributed by atoms with Crippen LogP contribution in [0.2, 0.25) is 0 Å². The lowest BCUT2D eigenvalue weighted by Gasteiger charge is -2.32. The zero-order valence-electron chi connectivity index (χ0n) is 44.9. The smallest absolute Gasteiger partial charge is 0.144 e. The average molecular weight is 1000 g/mol. The van der Waals surface area contributed by atoms with Gasteiger partial charge in [0.05, 0.1) is 0 Å². The summed E-state index contributed by atoms with van der Waals surface area (Å²) >= 11 is 0. The molecule has 0 radical (unpaired) electrons. The van der Waals surface area contributed by atoms with E-state index in [2.05, 4.69) is 259 Å². The maximum atomic E-state index is 7.11. The van der Waals surface area contributed by atoms with Gasteiger partial charge in [-0.15, -0.1) is 0 Å². The van der Waals surface area contributed by atoms with E-state index in [0.29, 0.717) is 11.8 Å². The van der Waals surface area contributed by atoms with Crippen molar-refractivity contribution in [2.75, 3.05) is 4.90 Å². The zero-order chi connectivity index (χ0) is 52.1. The maximum absolute atomic E-state index is 7.11. The monoisotopic (exact) mass is 999 g/mol. The Morgan fingerprint density at radius 1 is 0.385 bits per heavy atom. The van der Waals surface area contributed by atoms with Crippen LogP contribution in [-0.2, 0) is 16.2 Å². The summed E-state index contributed by atoms with van der Waals surface area (Å²) in [7, 11) is 0. The van der Waals surface area contributed by atoms with E-state index in [1.165, 1.54) is 139 Å². The van der Waals surface area contributed by atoms with Gasteiger partial charge in [-0.25, -0.2) is 0 Å². The van der Waals surface area contributed by atoms with E-state index < -0.39 is 0 Å². The van der Waals surface area contributed by atoms with Crippen LogP contribution < -0.4 is 4.90 Å².